The Balaban J connectivity index is 2.23. The van der Waals surface area contributed by atoms with Crippen molar-refractivity contribution in [2.24, 2.45) is 5.73 Å². The molecule has 0 radical (unpaired) electrons. The van der Waals surface area contributed by atoms with E-state index in [2.05, 4.69) is 10.3 Å². The Labute approximate surface area is 98.8 Å². The molecule has 4 N–H and O–H groups in total. The molecule has 0 saturated carbocycles. The van der Waals surface area contributed by atoms with Crippen molar-refractivity contribution >= 4 is 11.9 Å². The van der Waals surface area contributed by atoms with Crippen LogP contribution in [0.15, 0.2) is 24.5 Å². The Morgan fingerprint density at radius 1 is 1.53 bits per heavy atom. The van der Waals surface area contributed by atoms with Crippen LogP contribution in [0, 0.1) is 0 Å². The Bertz CT molecular complexity index is 381. The highest BCUT2D eigenvalue weighted by Crippen LogP contribution is 1.96. The largest absolute Gasteiger partial charge is 0.480 e. The van der Waals surface area contributed by atoms with Gasteiger partial charge in [-0.05, 0) is 18.1 Å². The normalized spacial score (nSPS) is 11.8. The van der Waals surface area contributed by atoms with Crippen molar-refractivity contribution in [3.8, 4) is 0 Å². The molecular weight excluding hydrogens is 222 g/mol. The smallest absolute Gasteiger partial charge is 0.321 e. The quantitative estimate of drug-likeness (QED) is 0.621. The molecule has 1 rings (SSSR count). The Morgan fingerprint density at radius 3 is 2.88 bits per heavy atom. The van der Waals surface area contributed by atoms with Gasteiger partial charge >= 0.3 is 5.97 Å². The highest BCUT2D eigenvalue weighted by molar-refractivity contribution is 5.84. The van der Waals surface area contributed by atoms with Crippen molar-refractivity contribution in [3.63, 3.8) is 0 Å². The summed E-state index contributed by atoms with van der Waals surface area (Å²) in [4.78, 5) is 25.6. The second-order valence-electron chi connectivity index (χ2n) is 3.61. The molecule has 0 saturated heterocycles. The highest BCUT2D eigenvalue weighted by atomic mass is 16.4. The first-order valence-electron chi connectivity index (χ1n) is 5.23. The number of nitrogens with one attached hydrogen (secondary N) is 1. The van der Waals surface area contributed by atoms with E-state index in [1.54, 1.807) is 12.4 Å². The van der Waals surface area contributed by atoms with Crippen LogP contribution in [0.3, 0.4) is 0 Å². The lowest BCUT2D eigenvalue weighted by molar-refractivity contribution is -0.140. The average molecular weight is 237 g/mol. The molecule has 6 heteroatoms. The minimum Gasteiger partial charge on any atom is -0.480 e. The van der Waals surface area contributed by atoms with E-state index < -0.39 is 12.0 Å². The van der Waals surface area contributed by atoms with Gasteiger partial charge in [0, 0.05) is 18.9 Å². The third-order valence-corrected chi connectivity index (χ3v) is 2.18. The maximum atomic E-state index is 11.3. The molecule has 6 nitrogen and oxygen atoms in total. The molecular formula is C11H15N3O3. The van der Waals surface area contributed by atoms with Crippen LogP contribution in [0.1, 0.15) is 12.0 Å². The summed E-state index contributed by atoms with van der Waals surface area (Å²) in [6.07, 6.45) is 3.84. The predicted molar refractivity (Wildman–Crippen MR) is 61.2 cm³/mol. The number of carbonyl (C=O) groups excluding carboxylic acids is 1. The summed E-state index contributed by atoms with van der Waals surface area (Å²) in [5.74, 6) is -1.53. The fourth-order valence-corrected chi connectivity index (χ4v) is 1.25. The first-order chi connectivity index (χ1) is 8.09. The maximum absolute atomic E-state index is 11.3. The Morgan fingerprint density at radius 2 is 2.29 bits per heavy atom. The van der Waals surface area contributed by atoms with Gasteiger partial charge in [-0.1, -0.05) is 6.07 Å². The second kappa shape index (κ2) is 6.59. The van der Waals surface area contributed by atoms with Crippen LogP contribution in [-0.2, 0) is 16.0 Å². The number of nitrogens with two attached hydrogens (primary N) is 1. The number of aliphatic carboxylic acids is 1. The Kier molecular flexibility index (Phi) is 5.09. The first kappa shape index (κ1) is 13.1. The number of amides is 1. The highest BCUT2D eigenvalue weighted by Gasteiger charge is 2.15. The molecule has 1 atom stereocenters. The number of carboxylic acid groups (broad SMARTS) is 1. The van der Waals surface area contributed by atoms with E-state index in [1.165, 1.54) is 0 Å². The molecule has 1 aromatic rings. The lowest BCUT2D eigenvalue weighted by Crippen LogP contribution is -2.37. The van der Waals surface area contributed by atoms with Gasteiger partial charge in [0.2, 0.25) is 5.91 Å². The number of nitrogens with zero attached hydrogens (tertiary/aromatic N) is 1. The van der Waals surface area contributed by atoms with Gasteiger partial charge in [-0.15, -0.1) is 0 Å². The van der Waals surface area contributed by atoms with Crippen LogP contribution < -0.4 is 11.1 Å². The molecule has 0 aromatic carbocycles. The number of pyridine rings is 1. The van der Waals surface area contributed by atoms with E-state index in [0.29, 0.717) is 13.0 Å². The van der Waals surface area contributed by atoms with Crippen LogP contribution in [-0.4, -0.2) is 34.6 Å². The molecule has 1 heterocycles. The summed E-state index contributed by atoms with van der Waals surface area (Å²) in [7, 11) is 0. The zero-order valence-electron chi connectivity index (χ0n) is 9.30. The van der Waals surface area contributed by atoms with Crippen molar-refractivity contribution in [2.45, 2.75) is 18.9 Å². The van der Waals surface area contributed by atoms with E-state index in [9.17, 15) is 9.59 Å². The standard InChI is InChI=1S/C11H15N3O3/c12-9(11(16)17)6-10(15)14-5-3-8-2-1-4-13-7-8/h1-2,4,7,9H,3,5-6,12H2,(H,14,15)(H,16,17). The van der Waals surface area contributed by atoms with E-state index in [4.69, 9.17) is 10.8 Å². The Hall–Kier alpha value is -1.95. The number of rotatable bonds is 6. The van der Waals surface area contributed by atoms with E-state index in [-0.39, 0.29) is 12.3 Å². The lowest BCUT2D eigenvalue weighted by atomic mass is 10.2. The lowest BCUT2D eigenvalue weighted by Gasteiger charge is -2.07. The van der Waals surface area contributed by atoms with Crippen molar-refractivity contribution in [1.82, 2.24) is 10.3 Å². The monoisotopic (exact) mass is 237 g/mol. The summed E-state index contributed by atoms with van der Waals surface area (Å²) < 4.78 is 0. The van der Waals surface area contributed by atoms with E-state index in [1.807, 2.05) is 12.1 Å². The van der Waals surface area contributed by atoms with Crippen molar-refractivity contribution in [3.05, 3.63) is 30.1 Å². The number of hydrogen-bond donors (Lipinski definition) is 3. The van der Waals surface area contributed by atoms with Crippen LogP contribution >= 0.6 is 0 Å². The van der Waals surface area contributed by atoms with Gasteiger partial charge in [0.1, 0.15) is 6.04 Å². The summed E-state index contributed by atoms with van der Waals surface area (Å²) in [6, 6.07) is 2.58. The van der Waals surface area contributed by atoms with Gasteiger partial charge in [0.25, 0.3) is 0 Å². The van der Waals surface area contributed by atoms with Crippen molar-refractivity contribution < 1.29 is 14.7 Å². The molecule has 1 amide bonds. The van der Waals surface area contributed by atoms with Crippen LogP contribution in [0.25, 0.3) is 0 Å². The molecule has 0 spiro atoms. The van der Waals surface area contributed by atoms with E-state index in [0.717, 1.165) is 5.56 Å². The molecule has 92 valence electrons. The molecule has 0 aliphatic rings. The molecule has 0 fully saturated rings. The predicted octanol–water partition coefficient (Wildman–Crippen LogP) is -0.458. The molecule has 1 unspecified atom stereocenters. The summed E-state index contributed by atoms with van der Waals surface area (Å²) >= 11 is 0. The number of carbonyl (C=O) groups is 2. The van der Waals surface area contributed by atoms with Gasteiger partial charge in [-0.25, -0.2) is 0 Å². The SMILES string of the molecule is NC(CC(=O)NCCc1cccnc1)C(=O)O. The van der Waals surface area contributed by atoms with Gasteiger partial charge in [-0.2, -0.15) is 0 Å². The summed E-state index contributed by atoms with van der Waals surface area (Å²) in [5, 5.41) is 11.1. The van der Waals surface area contributed by atoms with Crippen molar-refractivity contribution in [2.75, 3.05) is 6.54 Å². The number of carboxylic acids is 1. The third kappa shape index (κ3) is 5.07. The number of hydrogen-bond acceptors (Lipinski definition) is 4. The summed E-state index contributed by atoms with van der Waals surface area (Å²) in [6.45, 7) is 0.441. The fraction of sp³-hybridized carbons (Fsp3) is 0.364. The maximum Gasteiger partial charge on any atom is 0.321 e. The van der Waals surface area contributed by atoms with Gasteiger partial charge in [-0.3, -0.25) is 14.6 Å². The first-order valence-corrected chi connectivity index (χ1v) is 5.23. The molecule has 1 aromatic heterocycles. The van der Waals surface area contributed by atoms with Crippen molar-refractivity contribution in [1.29, 1.82) is 0 Å². The fourth-order valence-electron chi connectivity index (χ4n) is 1.25. The van der Waals surface area contributed by atoms with E-state index >= 15 is 0 Å². The van der Waals surface area contributed by atoms with Gasteiger partial charge < -0.3 is 16.2 Å². The minimum absolute atomic E-state index is 0.206. The topological polar surface area (TPSA) is 105 Å². The van der Waals surface area contributed by atoms with Crippen LogP contribution in [0.2, 0.25) is 0 Å². The minimum atomic E-state index is -1.17. The summed E-state index contributed by atoms with van der Waals surface area (Å²) in [5.41, 5.74) is 6.24. The second-order valence-corrected chi connectivity index (χ2v) is 3.61. The zero-order chi connectivity index (χ0) is 12.7. The molecule has 0 bridgehead atoms. The average Bonchev–Trinajstić information content (AvgIpc) is 2.30. The van der Waals surface area contributed by atoms with Gasteiger partial charge in [0.05, 0.1) is 6.42 Å². The number of aromatic nitrogens is 1. The van der Waals surface area contributed by atoms with Crippen LogP contribution in [0.4, 0.5) is 0 Å². The third-order valence-electron chi connectivity index (χ3n) is 2.18. The molecule has 17 heavy (non-hydrogen) atoms. The van der Waals surface area contributed by atoms with Crippen LogP contribution in [0.5, 0.6) is 0 Å². The van der Waals surface area contributed by atoms with Gasteiger partial charge in [0.15, 0.2) is 0 Å². The zero-order valence-corrected chi connectivity index (χ0v) is 9.30. The molecule has 0 aliphatic carbocycles. The molecule has 0 aliphatic heterocycles.